The number of fused-ring (bicyclic) bond motifs is 2. The normalized spacial score (nSPS) is 11.0. The molecule has 0 saturated carbocycles. The summed E-state index contributed by atoms with van der Waals surface area (Å²) in [5, 5.41) is 11.7. The molecule has 94 valence electrons. The van der Waals surface area contributed by atoms with Crippen LogP contribution in [0.25, 0.3) is 21.9 Å². The van der Waals surface area contributed by atoms with Crippen LogP contribution >= 0.6 is 11.6 Å². The first-order valence-electron chi connectivity index (χ1n) is 5.37. The van der Waals surface area contributed by atoms with Crippen molar-refractivity contribution in [1.29, 1.82) is 0 Å². The predicted molar refractivity (Wildman–Crippen MR) is 71.7 cm³/mol. The standard InChI is InChI=1S/C13H6ClNO4/c14-10-3-1-2-9-12(16)8-5-4-7(15(17)18)6-11(8)19-13(9)10/h1-6H. The van der Waals surface area contributed by atoms with Crippen LogP contribution in [0.2, 0.25) is 5.02 Å². The molecule has 1 aromatic heterocycles. The number of nitro groups is 1. The summed E-state index contributed by atoms with van der Waals surface area (Å²) in [7, 11) is 0. The maximum Gasteiger partial charge on any atom is 0.273 e. The van der Waals surface area contributed by atoms with Crippen LogP contribution in [-0.4, -0.2) is 4.92 Å². The van der Waals surface area contributed by atoms with Gasteiger partial charge in [-0.05, 0) is 18.2 Å². The van der Waals surface area contributed by atoms with E-state index in [1.807, 2.05) is 0 Å². The van der Waals surface area contributed by atoms with Gasteiger partial charge in [-0.15, -0.1) is 0 Å². The Morgan fingerprint density at radius 1 is 1.16 bits per heavy atom. The summed E-state index contributed by atoms with van der Waals surface area (Å²) >= 11 is 5.97. The van der Waals surface area contributed by atoms with Gasteiger partial charge >= 0.3 is 0 Å². The Morgan fingerprint density at radius 3 is 2.68 bits per heavy atom. The van der Waals surface area contributed by atoms with Gasteiger partial charge in [-0.3, -0.25) is 14.9 Å². The largest absolute Gasteiger partial charge is 0.454 e. The molecule has 0 saturated heterocycles. The van der Waals surface area contributed by atoms with Gasteiger partial charge in [0.15, 0.2) is 5.58 Å². The van der Waals surface area contributed by atoms with E-state index in [0.717, 1.165) is 0 Å². The molecule has 2 aromatic carbocycles. The highest BCUT2D eigenvalue weighted by molar-refractivity contribution is 6.34. The lowest BCUT2D eigenvalue weighted by Crippen LogP contribution is -2.02. The average Bonchev–Trinajstić information content (AvgIpc) is 2.40. The maximum absolute atomic E-state index is 12.2. The van der Waals surface area contributed by atoms with Gasteiger partial charge in [0, 0.05) is 6.07 Å². The average molecular weight is 276 g/mol. The Labute approximate surface area is 111 Å². The van der Waals surface area contributed by atoms with Crippen LogP contribution in [0.5, 0.6) is 0 Å². The first kappa shape index (κ1) is 11.7. The molecule has 6 heteroatoms. The molecular formula is C13H6ClNO4. The van der Waals surface area contributed by atoms with Gasteiger partial charge in [0.25, 0.3) is 5.69 Å². The highest BCUT2D eigenvalue weighted by atomic mass is 35.5. The molecule has 0 aliphatic heterocycles. The Kier molecular flexibility index (Phi) is 2.50. The number of nitrogens with zero attached hydrogens (tertiary/aromatic N) is 1. The fourth-order valence-electron chi connectivity index (χ4n) is 1.94. The number of hydrogen-bond acceptors (Lipinski definition) is 4. The summed E-state index contributed by atoms with van der Waals surface area (Å²) < 4.78 is 5.51. The quantitative estimate of drug-likeness (QED) is 0.387. The molecule has 0 aliphatic carbocycles. The van der Waals surface area contributed by atoms with Crippen molar-refractivity contribution in [2.75, 3.05) is 0 Å². The van der Waals surface area contributed by atoms with Crippen molar-refractivity contribution in [3.63, 3.8) is 0 Å². The van der Waals surface area contributed by atoms with Gasteiger partial charge in [0.2, 0.25) is 5.43 Å². The van der Waals surface area contributed by atoms with Crippen molar-refractivity contribution in [3.05, 3.63) is 61.8 Å². The molecule has 0 amide bonds. The van der Waals surface area contributed by atoms with Gasteiger partial charge in [-0.25, -0.2) is 0 Å². The van der Waals surface area contributed by atoms with Gasteiger partial charge in [0.05, 0.1) is 26.8 Å². The van der Waals surface area contributed by atoms with Crippen molar-refractivity contribution in [2.45, 2.75) is 0 Å². The second kappa shape index (κ2) is 4.07. The van der Waals surface area contributed by atoms with Crippen molar-refractivity contribution < 1.29 is 9.34 Å². The third-order valence-corrected chi connectivity index (χ3v) is 3.14. The van der Waals surface area contributed by atoms with Crippen LogP contribution < -0.4 is 5.43 Å². The van der Waals surface area contributed by atoms with E-state index in [-0.39, 0.29) is 22.3 Å². The second-order valence-corrected chi connectivity index (χ2v) is 4.39. The van der Waals surface area contributed by atoms with Crippen molar-refractivity contribution in [3.8, 4) is 0 Å². The summed E-state index contributed by atoms with van der Waals surface area (Å²) in [5.74, 6) is 0. The van der Waals surface area contributed by atoms with E-state index in [2.05, 4.69) is 0 Å². The molecule has 0 unspecified atom stereocenters. The van der Waals surface area contributed by atoms with Crippen LogP contribution in [0.15, 0.2) is 45.6 Å². The fraction of sp³-hybridized carbons (Fsp3) is 0. The topological polar surface area (TPSA) is 73.3 Å². The van der Waals surface area contributed by atoms with Crippen LogP contribution in [0.1, 0.15) is 0 Å². The Balaban J connectivity index is 2.51. The monoisotopic (exact) mass is 275 g/mol. The smallest absolute Gasteiger partial charge is 0.273 e. The summed E-state index contributed by atoms with van der Waals surface area (Å²) in [6.07, 6.45) is 0. The van der Waals surface area contributed by atoms with Crippen LogP contribution in [0.4, 0.5) is 5.69 Å². The lowest BCUT2D eigenvalue weighted by atomic mass is 10.1. The lowest BCUT2D eigenvalue weighted by Gasteiger charge is -2.02. The molecular weight excluding hydrogens is 270 g/mol. The SMILES string of the molecule is O=c1c2ccc([N+](=O)[O-])cc2oc2c(Cl)cccc12. The molecule has 0 fully saturated rings. The second-order valence-electron chi connectivity index (χ2n) is 3.99. The molecule has 0 radical (unpaired) electrons. The zero-order valence-corrected chi connectivity index (χ0v) is 10.2. The maximum atomic E-state index is 12.2. The summed E-state index contributed by atoms with van der Waals surface area (Å²) in [5.41, 5.74) is -0.00216. The third-order valence-electron chi connectivity index (χ3n) is 2.84. The van der Waals surface area contributed by atoms with E-state index in [1.54, 1.807) is 18.2 Å². The minimum absolute atomic E-state index is 0.137. The van der Waals surface area contributed by atoms with E-state index in [0.29, 0.717) is 15.8 Å². The molecule has 1 heterocycles. The van der Waals surface area contributed by atoms with Crippen LogP contribution in [0, 0.1) is 10.1 Å². The molecule has 0 atom stereocenters. The Morgan fingerprint density at radius 2 is 1.95 bits per heavy atom. The van der Waals surface area contributed by atoms with E-state index in [9.17, 15) is 14.9 Å². The molecule has 5 nitrogen and oxygen atoms in total. The number of rotatable bonds is 1. The highest BCUT2D eigenvalue weighted by Crippen LogP contribution is 2.26. The first-order chi connectivity index (χ1) is 9.08. The zero-order valence-electron chi connectivity index (χ0n) is 9.42. The third kappa shape index (κ3) is 1.75. The molecule has 3 rings (SSSR count). The number of nitro benzene ring substituents is 1. The van der Waals surface area contributed by atoms with E-state index < -0.39 is 4.92 Å². The number of para-hydroxylation sites is 1. The minimum Gasteiger partial charge on any atom is -0.454 e. The van der Waals surface area contributed by atoms with Gasteiger partial charge < -0.3 is 4.42 Å². The first-order valence-corrected chi connectivity index (χ1v) is 5.75. The van der Waals surface area contributed by atoms with E-state index in [4.69, 9.17) is 16.0 Å². The summed E-state index contributed by atoms with van der Waals surface area (Å²) in [6, 6.07) is 8.73. The molecule has 0 N–H and O–H groups in total. The van der Waals surface area contributed by atoms with E-state index in [1.165, 1.54) is 18.2 Å². The predicted octanol–water partition coefficient (Wildman–Crippen LogP) is 3.51. The van der Waals surface area contributed by atoms with Crippen molar-refractivity contribution >= 4 is 39.2 Å². The Bertz CT molecular complexity index is 885. The highest BCUT2D eigenvalue weighted by Gasteiger charge is 2.13. The molecule has 0 bridgehead atoms. The van der Waals surface area contributed by atoms with Gasteiger partial charge in [-0.2, -0.15) is 0 Å². The Hall–Kier alpha value is -2.40. The fourth-order valence-corrected chi connectivity index (χ4v) is 2.16. The number of halogens is 1. The number of benzene rings is 2. The van der Waals surface area contributed by atoms with Gasteiger partial charge in [0.1, 0.15) is 5.58 Å². The van der Waals surface area contributed by atoms with Crippen LogP contribution in [-0.2, 0) is 0 Å². The molecule has 19 heavy (non-hydrogen) atoms. The molecule has 3 aromatic rings. The van der Waals surface area contributed by atoms with Crippen LogP contribution in [0.3, 0.4) is 0 Å². The van der Waals surface area contributed by atoms with Crippen molar-refractivity contribution in [1.82, 2.24) is 0 Å². The zero-order chi connectivity index (χ0) is 13.6. The lowest BCUT2D eigenvalue weighted by molar-refractivity contribution is -0.384. The van der Waals surface area contributed by atoms with E-state index >= 15 is 0 Å². The summed E-state index contributed by atoms with van der Waals surface area (Å²) in [4.78, 5) is 22.4. The number of non-ortho nitro benzene ring substituents is 1. The minimum atomic E-state index is -0.545. The molecule has 0 aliphatic rings. The molecule has 0 spiro atoms. The summed E-state index contributed by atoms with van der Waals surface area (Å²) in [6.45, 7) is 0. The number of hydrogen-bond donors (Lipinski definition) is 0. The van der Waals surface area contributed by atoms with Gasteiger partial charge in [-0.1, -0.05) is 17.7 Å². The van der Waals surface area contributed by atoms with Crippen molar-refractivity contribution in [2.24, 2.45) is 0 Å².